The summed E-state index contributed by atoms with van der Waals surface area (Å²) in [5, 5.41) is 0.544. The molecule has 0 aliphatic carbocycles. The molecule has 2 aromatic rings. The molecule has 4 nitrogen and oxygen atoms in total. The van der Waals surface area contributed by atoms with Crippen molar-refractivity contribution in [1.29, 1.82) is 0 Å². The van der Waals surface area contributed by atoms with Crippen LogP contribution in [-0.2, 0) is 5.54 Å². The molecule has 7 heteroatoms. The average molecular weight is 321 g/mol. The zero-order valence-corrected chi connectivity index (χ0v) is 12.8. The number of halogens is 2. The quantitative estimate of drug-likeness (QED) is 0.871. The molecule has 0 spiro atoms. The fraction of sp³-hybridized carbons (Fsp3) is 0.267. The molecule has 1 aliphatic heterocycles. The van der Waals surface area contributed by atoms with E-state index in [1.165, 1.54) is 36.5 Å². The van der Waals surface area contributed by atoms with E-state index in [-0.39, 0.29) is 5.56 Å². The number of benzene rings is 1. The highest BCUT2D eigenvalue weighted by Gasteiger charge is 2.35. The average Bonchev–Trinajstić information content (AvgIpc) is 2.47. The van der Waals surface area contributed by atoms with Gasteiger partial charge in [0.25, 0.3) is 0 Å². The summed E-state index contributed by atoms with van der Waals surface area (Å²) in [6, 6.07) is 2.42. The molecule has 0 saturated carbocycles. The minimum atomic E-state index is -0.669. The topological polar surface area (TPSA) is 65.8 Å². The lowest BCUT2D eigenvalue weighted by molar-refractivity contribution is -0.559. The van der Waals surface area contributed by atoms with Gasteiger partial charge in [-0.25, -0.2) is 18.7 Å². The summed E-state index contributed by atoms with van der Waals surface area (Å²) in [5.41, 5.74) is 6.33. The second-order valence-electron chi connectivity index (χ2n) is 5.36. The summed E-state index contributed by atoms with van der Waals surface area (Å²) in [6.07, 6.45) is 5.05. The Hall–Kier alpha value is -2.02. The maximum absolute atomic E-state index is 14.3. The van der Waals surface area contributed by atoms with Crippen molar-refractivity contribution in [3.8, 4) is 11.1 Å². The van der Waals surface area contributed by atoms with Crippen LogP contribution >= 0.6 is 11.8 Å². The largest absolute Gasteiger partial charge is 0.302 e. The van der Waals surface area contributed by atoms with Gasteiger partial charge in [0.1, 0.15) is 23.5 Å². The first kappa shape index (κ1) is 14.9. The van der Waals surface area contributed by atoms with E-state index < -0.39 is 17.2 Å². The second-order valence-corrected chi connectivity index (χ2v) is 6.50. The van der Waals surface area contributed by atoms with E-state index >= 15 is 0 Å². The van der Waals surface area contributed by atoms with Crippen LogP contribution in [0, 0.1) is 11.6 Å². The summed E-state index contributed by atoms with van der Waals surface area (Å²) in [4.78, 5) is 10.9. The summed E-state index contributed by atoms with van der Waals surface area (Å²) in [7, 11) is 0. The van der Waals surface area contributed by atoms with Gasteiger partial charge in [-0.2, -0.15) is 0 Å². The molecule has 0 saturated heterocycles. The number of hydrogen-bond acceptors (Lipinski definition) is 4. The molecule has 3 rings (SSSR count). The fourth-order valence-electron chi connectivity index (χ4n) is 2.57. The van der Waals surface area contributed by atoms with Crippen molar-refractivity contribution in [2.45, 2.75) is 18.9 Å². The molecular weight excluding hydrogens is 306 g/mol. The van der Waals surface area contributed by atoms with Crippen LogP contribution in [0.25, 0.3) is 11.1 Å². The van der Waals surface area contributed by atoms with Gasteiger partial charge in [-0.1, -0.05) is 0 Å². The summed E-state index contributed by atoms with van der Waals surface area (Å²) in [5.74, 6) is -0.453. The van der Waals surface area contributed by atoms with Gasteiger partial charge in [0.15, 0.2) is 0 Å². The van der Waals surface area contributed by atoms with Crippen molar-refractivity contribution in [3.05, 3.63) is 48.1 Å². The number of nitrogens with one attached hydrogen (secondary N) is 1. The Bertz CT molecular complexity index is 736. The molecule has 0 fully saturated rings. The van der Waals surface area contributed by atoms with Gasteiger partial charge >= 0.3 is 5.17 Å². The number of amidine groups is 1. The Morgan fingerprint density at radius 2 is 1.95 bits per heavy atom. The Morgan fingerprint density at radius 3 is 2.64 bits per heavy atom. The summed E-state index contributed by atoms with van der Waals surface area (Å²) >= 11 is 1.49. The molecule has 1 unspecified atom stereocenters. The van der Waals surface area contributed by atoms with Gasteiger partial charge in [0, 0.05) is 47.3 Å². The number of rotatable bonds is 2. The minimum Gasteiger partial charge on any atom is -0.282 e. The second kappa shape index (κ2) is 5.64. The van der Waals surface area contributed by atoms with Crippen molar-refractivity contribution >= 4 is 16.9 Å². The molecule has 2 heterocycles. The van der Waals surface area contributed by atoms with Crippen molar-refractivity contribution < 1.29 is 13.8 Å². The van der Waals surface area contributed by atoms with Crippen LogP contribution < -0.4 is 10.7 Å². The van der Waals surface area contributed by atoms with Crippen LogP contribution in [0.4, 0.5) is 8.78 Å². The van der Waals surface area contributed by atoms with Crippen LogP contribution in [0.5, 0.6) is 0 Å². The molecule has 0 bridgehead atoms. The first-order valence-corrected chi connectivity index (χ1v) is 7.76. The minimum absolute atomic E-state index is 0.275. The Morgan fingerprint density at radius 1 is 1.23 bits per heavy atom. The first-order valence-electron chi connectivity index (χ1n) is 6.78. The van der Waals surface area contributed by atoms with Gasteiger partial charge in [-0.3, -0.25) is 10.7 Å². The van der Waals surface area contributed by atoms with Crippen molar-refractivity contribution in [2.24, 2.45) is 5.73 Å². The molecule has 3 N–H and O–H groups in total. The molecule has 22 heavy (non-hydrogen) atoms. The van der Waals surface area contributed by atoms with Crippen LogP contribution in [0.3, 0.4) is 0 Å². The van der Waals surface area contributed by atoms with Crippen LogP contribution in [0.15, 0.2) is 30.9 Å². The zero-order valence-electron chi connectivity index (χ0n) is 11.9. The van der Waals surface area contributed by atoms with E-state index in [9.17, 15) is 8.78 Å². The van der Waals surface area contributed by atoms with Crippen LogP contribution in [0.2, 0.25) is 0 Å². The third-order valence-electron chi connectivity index (χ3n) is 3.78. The summed E-state index contributed by atoms with van der Waals surface area (Å²) in [6.45, 7) is 1.86. The van der Waals surface area contributed by atoms with Crippen LogP contribution in [-0.4, -0.2) is 20.9 Å². The zero-order chi connectivity index (χ0) is 15.7. The molecule has 0 amide bonds. The Labute approximate surface area is 130 Å². The van der Waals surface area contributed by atoms with Crippen molar-refractivity contribution in [2.75, 3.05) is 5.75 Å². The van der Waals surface area contributed by atoms with E-state index in [0.29, 0.717) is 22.7 Å². The molecule has 1 aromatic heterocycles. The molecule has 1 aliphatic rings. The number of hydrogen-bond donors (Lipinski definition) is 2. The van der Waals surface area contributed by atoms with Gasteiger partial charge in [0.2, 0.25) is 0 Å². The summed E-state index contributed by atoms with van der Waals surface area (Å²) < 4.78 is 28.5. The maximum atomic E-state index is 14.3. The van der Waals surface area contributed by atoms with E-state index in [2.05, 4.69) is 15.0 Å². The monoisotopic (exact) mass is 321 g/mol. The predicted octanol–water partition coefficient (Wildman–Crippen LogP) is 1.17. The Kier molecular flexibility index (Phi) is 3.82. The highest BCUT2D eigenvalue weighted by atomic mass is 32.2. The molecule has 0 radical (unpaired) electrons. The molecular formula is C15H15F2N4S+. The fourth-order valence-corrected chi connectivity index (χ4v) is 3.60. The van der Waals surface area contributed by atoms with Gasteiger partial charge in [-0.05, 0) is 24.8 Å². The molecule has 1 aromatic carbocycles. The molecule has 1 atom stereocenters. The highest BCUT2D eigenvalue weighted by molar-refractivity contribution is 8.13. The standard InChI is InChI=1S/C15H14F2N4S/c1-15(2-3-22-14(18)21-15)11-4-10(12(16)5-13(11)17)9-6-19-8-20-7-9/h4-8H,2-3H2,1H3,(H2,18,21)/p+1. The third kappa shape index (κ3) is 2.68. The van der Waals surface area contributed by atoms with E-state index in [1.807, 2.05) is 6.92 Å². The predicted molar refractivity (Wildman–Crippen MR) is 82.0 cm³/mol. The van der Waals surface area contributed by atoms with Gasteiger partial charge in [0.05, 0.1) is 0 Å². The van der Waals surface area contributed by atoms with Crippen LogP contribution in [0.1, 0.15) is 18.9 Å². The van der Waals surface area contributed by atoms with Gasteiger partial charge in [-0.15, -0.1) is 0 Å². The van der Waals surface area contributed by atoms with Crippen molar-refractivity contribution in [1.82, 2.24) is 9.97 Å². The van der Waals surface area contributed by atoms with E-state index in [1.54, 1.807) is 0 Å². The number of thioether (sulfide) groups is 1. The Balaban J connectivity index is 2.15. The van der Waals surface area contributed by atoms with E-state index in [4.69, 9.17) is 5.73 Å². The molecule has 114 valence electrons. The number of nitrogens with zero attached hydrogens (tertiary/aromatic N) is 2. The lowest BCUT2D eigenvalue weighted by Gasteiger charge is -2.27. The maximum Gasteiger partial charge on any atom is 0.302 e. The number of aromatic nitrogens is 2. The highest BCUT2D eigenvalue weighted by Crippen LogP contribution is 2.32. The third-order valence-corrected chi connectivity index (χ3v) is 4.60. The SMILES string of the molecule is CC1(c2cc(-c3cncnc3)c(F)cc2F)CCSC(N)=[NH+]1. The van der Waals surface area contributed by atoms with Crippen molar-refractivity contribution in [3.63, 3.8) is 0 Å². The number of nitrogens with two attached hydrogens (primary N) is 1. The lowest BCUT2D eigenvalue weighted by Crippen LogP contribution is -2.87. The van der Waals surface area contributed by atoms with E-state index in [0.717, 1.165) is 11.8 Å². The smallest absolute Gasteiger partial charge is 0.282 e. The lowest BCUT2D eigenvalue weighted by atomic mass is 9.87. The normalized spacial score (nSPS) is 21.5. The first-order chi connectivity index (χ1) is 10.5. The van der Waals surface area contributed by atoms with Gasteiger partial charge < -0.3 is 0 Å².